The molecule has 0 bridgehead atoms. The first-order valence-electron chi connectivity index (χ1n) is 8.38. The summed E-state index contributed by atoms with van der Waals surface area (Å²) in [5.41, 5.74) is 1.91. The van der Waals surface area contributed by atoms with Crippen LogP contribution in [0.15, 0.2) is 48.5 Å². The fourth-order valence-corrected chi connectivity index (χ4v) is 2.31. The number of anilines is 2. The molecule has 0 unspecified atom stereocenters. The summed E-state index contributed by atoms with van der Waals surface area (Å²) < 4.78 is 10.3. The molecule has 2 N–H and O–H groups in total. The Morgan fingerprint density at radius 1 is 1.00 bits per heavy atom. The predicted molar refractivity (Wildman–Crippen MR) is 102 cm³/mol. The zero-order valence-electron chi connectivity index (χ0n) is 15.4. The van der Waals surface area contributed by atoms with E-state index in [2.05, 4.69) is 10.6 Å². The van der Waals surface area contributed by atoms with E-state index in [-0.39, 0.29) is 12.3 Å². The fourth-order valence-electron chi connectivity index (χ4n) is 2.31. The molecule has 2 rings (SSSR count). The van der Waals surface area contributed by atoms with Gasteiger partial charge in [0.2, 0.25) is 5.91 Å². The monoisotopic (exact) mass is 370 g/mol. The Morgan fingerprint density at radius 3 is 2.33 bits per heavy atom. The van der Waals surface area contributed by atoms with Crippen LogP contribution in [0.2, 0.25) is 0 Å². The lowest BCUT2D eigenvalue weighted by molar-refractivity contribution is -0.152. The number of hydrogen-bond acceptors (Lipinski definition) is 5. The van der Waals surface area contributed by atoms with Crippen LogP contribution in [-0.2, 0) is 25.5 Å². The number of hydrogen-bond donors (Lipinski definition) is 2. The first-order valence-corrected chi connectivity index (χ1v) is 8.38. The summed E-state index contributed by atoms with van der Waals surface area (Å²) in [6.07, 6.45) is -0.917. The van der Waals surface area contributed by atoms with E-state index in [1.807, 2.05) is 0 Å². The number of carbonyl (C=O) groups excluding carboxylic acids is 3. The maximum Gasteiger partial charge on any atom is 0.311 e. The van der Waals surface area contributed by atoms with Crippen LogP contribution in [0.1, 0.15) is 19.4 Å². The van der Waals surface area contributed by atoms with Crippen LogP contribution >= 0.6 is 0 Å². The molecule has 2 amide bonds. The van der Waals surface area contributed by atoms with Gasteiger partial charge in [0.05, 0.1) is 13.5 Å². The number of nitrogens with one attached hydrogen (secondary N) is 2. The molecule has 27 heavy (non-hydrogen) atoms. The number of esters is 1. The molecule has 2 aromatic carbocycles. The van der Waals surface area contributed by atoms with Gasteiger partial charge in [0.15, 0.2) is 6.10 Å². The van der Waals surface area contributed by atoms with Crippen LogP contribution in [0, 0.1) is 0 Å². The van der Waals surface area contributed by atoms with Crippen LogP contribution in [0.3, 0.4) is 0 Å². The minimum absolute atomic E-state index is 0.0249. The maximum atomic E-state index is 12.2. The standard InChI is InChI=1S/C20H22N2O5/c1-13(20(25)22-17-5-4-6-18(12-17)26-3)27-19(24)11-15-7-9-16(10-8-15)21-14(2)23/h4-10,12-13H,11H2,1-3H3,(H,21,23)(H,22,25)/t13-/m0/s1. The Labute approximate surface area is 157 Å². The van der Waals surface area contributed by atoms with Crippen LogP contribution in [-0.4, -0.2) is 31.0 Å². The van der Waals surface area contributed by atoms with Gasteiger partial charge < -0.3 is 20.1 Å². The van der Waals surface area contributed by atoms with Crippen molar-refractivity contribution in [2.75, 3.05) is 17.7 Å². The van der Waals surface area contributed by atoms with E-state index < -0.39 is 18.0 Å². The van der Waals surface area contributed by atoms with Crippen LogP contribution < -0.4 is 15.4 Å². The van der Waals surface area contributed by atoms with Gasteiger partial charge in [0, 0.05) is 24.4 Å². The van der Waals surface area contributed by atoms with Crippen molar-refractivity contribution < 1.29 is 23.9 Å². The molecule has 0 aromatic heterocycles. The second kappa shape index (κ2) is 9.38. The highest BCUT2D eigenvalue weighted by molar-refractivity contribution is 5.95. The second-order valence-electron chi connectivity index (χ2n) is 5.91. The minimum atomic E-state index is -0.942. The molecule has 142 valence electrons. The summed E-state index contributed by atoms with van der Waals surface area (Å²) in [6, 6.07) is 13.7. The molecule has 2 aromatic rings. The molecule has 0 aliphatic carbocycles. The Morgan fingerprint density at radius 2 is 1.70 bits per heavy atom. The molecule has 0 saturated heterocycles. The Kier molecular flexibility index (Phi) is 6.93. The highest BCUT2D eigenvalue weighted by Gasteiger charge is 2.18. The number of benzene rings is 2. The molecule has 0 spiro atoms. The van der Waals surface area contributed by atoms with E-state index in [1.165, 1.54) is 21.0 Å². The fraction of sp³-hybridized carbons (Fsp3) is 0.250. The van der Waals surface area contributed by atoms with E-state index in [0.717, 1.165) is 5.56 Å². The van der Waals surface area contributed by atoms with Crippen LogP contribution in [0.4, 0.5) is 11.4 Å². The normalized spacial score (nSPS) is 11.2. The van der Waals surface area contributed by atoms with Gasteiger partial charge in [0.25, 0.3) is 5.91 Å². The lowest BCUT2D eigenvalue weighted by atomic mass is 10.1. The van der Waals surface area contributed by atoms with Crippen molar-refractivity contribution in [1.29, 1.82) is 0 Å². The van der Waals surface area contributed by atoms with Gasteiger partial charge in [-0.15, -0.1) is 0 Å². The average molecular weight is 370 g/mol. The predicted octanol–water partition coefficient (Wildman–Crippen LogP) is 2.77. The second-order valence-corrected chi connectivity index (χ2v) is 5.91. The van der Waals surface area contributed by atoms with E-state index in [0.29, 0.717) is 17.1 Å². The van der Waals surface area contributed by atoms with Gasteiger partial charge in [-0.25, -0.2) is 0 Å². The van der Waals surface area contributed by atoms with Crippen molar-refractivity contribution in [2.24, 2.45) is 0 Å². The summed E-state index contributed by atoms with van der Waals surface area (Å²) in [7, 11) is 1.54. The molecule has 0 fully saturated rings. The molecular formula is C20H22N2O5. The van der Waals surface area contributed by atoms with Gasteiger partial charge in [0.1, 0.15) is 5.75 Å². The van der Waals surface area contributed by atoms with Gasteiger partial charge in [-0.3, -0.25) is 14.4 Å². The molecule has 7 nitrogen and oxygen atoms in total. The minimum Gasteiger partial charge on any atom is -0.497 e. The summed E-state index contributed by atoms with van der Waals surface area (Å²) >= 11 is 0. The van der Waals surface area contributed by atoms with Gasteiger partial charge >= 0.3 is 5.97 Å². The molecule has 0 radical (unpaired) electrons. The zero-order chi connectivity index (χ0) is 19.8. The number of carbonyl (C=O) groups is 3. The lowest BCUT2D eigenvalue weighted by Gasteiger charge is -2.14. The van der Waals surface area contributed by atoms with Crippen molar-refractivity contribution in [1.82, 2.24) is 0 Å². The lowest BCUT2D eigenvalue weighted by Crippen LogP contribution is -2.30. The third kappa shape index (κ3) is 6.47. The molecular weight excluding hydrogens is 348 g/mol. The highest BCUT2D eigenvalue weighted by Crippen LogP contribution is 2.17. The highest BCUT2D eigenvalue weighted by atomic mass is 16.5. The van der Waals surface area contributed by atoms with Crippen molar-refractivity contribution in [3.8, 4) is 5.75 Å². The summed E-state index contributed by atoms with van der Waals surface area (Å²) in [4.78, 5) is 35.2. The molecule has 7 heteroatoms. The third-order valence-electron chi connectivity index (χ3n) is 3.64. The molecule has 0 aliphatic heterocycles. The number of methoxy groups -OCH3 is 1. The Hall–Kier alpha value is -3.35. The van der Waals surface area contributed by atoms with E-state index in [9.17, 15) is 14.4 Å². The third-order valence-corrected chi connectivity index (χ3v) is 3.64. The van der Waals surface area contributed by atoms with Crippen LogP contribution in [0.5, 0.6) is 5.75 Å². The smallest absolute Gasteiger partial charge is 0.311 e. The largest absolute Gasteiger partial charge is 0.497 e. The average Bonchev–Trinajstić information content (AvgIpc) is 2.63. The number of ether oxygens (including phenoxy) is 2. The van der Waals surface area contributed by atoms with Gasteiger partial charge in [-0.05, 0) is 36.8 Å². The van der Waals surface area contributed by atoms with Gasteiger partial charge in [-0.2, -0.15) is 0 Å². The first kappa shape index (κ1) is 20.0. The molecule has 1 atom stereocenters. The van der Waals surface area contributed by atoms with E-state index >= 15 is 0 Å². The topological polar surface area (TPSA) is 93.7 Å². The molecule has 0 heterocycles. The summed E-state index contributed by atoms with van der Waals surface area (Å²) in [6.45, 7) is 2.93. The zero-order valence-corrected chi connectivity index (χ0v) is 15.4. The SMILES string of the molecule is COc1cccc(NC(=O)[C@H](C)OC(=O)Cc2ccc(NC(C)=O)cc2)c1. The van der Waals surface area contributed by atoms with Gasteiger partial charge in [-0.1, -0.05) is 18.2 Å². The summed E-state index contributed by atoms with van der Waals surface area (Å²) in [5, 5.41) is 5.32. The Balaban J connectivity index is 1.86. The molecule has 0 aliphatic rings. The molecule has 0 saturated carbocycles. The van der Waals surface area contributed by atoms with E-state index in [1.54, 1.807) is 48.5 Å². The van der Waals surface area contributed by atoms with Crippen LogP contribution in [0.25, 0.3) is 0 Å². The van der Waals surface area contributed by atoms with E-state index in [4.69, 9.17) is 9.47 Å². The quantitative estimate of drug-likeness (QED) is 0.731. The van der Waals surface area contributed by atoms with Crippen molar-refractivity contribution in [2.45, 2.75) is 26.4 Å². The number of rotatable bonds is 7. The van der Waals surface area contributed by atoms with Crippen molar-refractivity contribution in [3.05, 3.63) is 54.1 Å². The van der Waals surface area contributed by atoms with Crippen molar-refractivity contribution >= 4 is 29.2 Å². The maximum absolute atomic E-state index is 12.2. The number of amides is 2. The van der Waals surface area contributed by atoms with Crippen molar-refractivity contribution in [3.63, 3.8) is 0 Å². The first-order chi connectivity index (χ1) is 12.9. The Bertz CT molecular complexity index is 817. The summed E-state index contributed by atoms with van der Waals surface area (Å²) in [5.74, 6) is -0.508.